The fourth-order valence-corrected chi connectivity index (χ4v) is 4.20. The first kappa shape index (κ1) is 41.0. The van der Waals surface area contributed by atoms with Crippen LogP contribution in [0.1, 0.15) is 132 Å². The number of anilines is 2. The second-order valence-electron chi connectivity index (χ2n) is 11.9. The molecule has 8 heteroatoms. The van der Waals surface area contributed by atoms with Gasteiger partial charge in [0.2, 0.25) is 0 Å². The van der Waals surface area contributed by atoms with E-state index in [4.69, 9.17) is 0 Å². The molecule has 3 aromatic rings. The molecule has 3 aromatic heterocycles. The van der Waals surface area contributed by atoms with E-state index in [0.717, 1.165) is 29.8 Å². The average molecular weight is 618 g/mol. The van der Waals surface area contributed by atoms with Crippen LogP contribution in [0.4, 0.5) is 25.1 Å². The Kier molecular flexibility index (Phi) is 19.4. The predicted octanol–water partition coefficient (Wildman–Crippen LogP) is 11.2. The molecule has 1 aliphatic rings. The number of hydrogen-bond acceptors (Lipinski definition) is 3. The molecule has 0 saturated carbocycles. The van der Waals surface area contributed by atoms with Gasteiger partial charge < -0.3 is 9.72 Å². The highest BCUT2D eigenvalue weighted by Crippen LogP contribution is 2.31. The molecule has 0 saturated heterocycles. The summed E-state index contributed by atoms with van der Waals surface area (Å²) in [6.45, 7) is 27.9. The van der Waals surface area contributed by atoms with Crippen molar-refractivity contribution in [2.75, 3.05) is 16.8 Å². The Balaban J connectivity index is 0.000000906. The monoisotopic (exact) mass is 617 g/mol. The lowest BCUT2D eigenvalue weighted by atomic mass is 9.94. The Labute approximate surface area is 267 Å². The van der Waals surface area contributed by atoms with E-state index in [-0.39, 0.29) is 11.5 Å². The van der Waals surface area contributed by atoms with Crippen LogP contribution in [0.2, 0.25) is 0 Å². The molecule has 1 N–H and O–H groups in total. The van der Waals surface area contributed by atoms with E-state index in [1.807, 2.05) is 41.5 Å². The molecule has 44 heavy (non-hydrogen) atoms. The highest BCUT2D eigenvalue weighted by molar-refractivity contribution is 6.02. The molecule has 6 nitrogen and oxygen atoms in total. The maximum atomic E-state index is 14.3. The Morgan fingerprint density at radius 3 is 2.14 bits per heavy atom. The van der Waals surface area contributed by atoms with Crippen molar-refractivity contribution in [3.63, 3.8) is 0 Å². The number of urea groups is 1. The van der Waals surface area contributed by atoms with Gasteiger partial charge in [0.05, 0.1) is 17.6 Å². The van der Waals surface area contributed by atoms with E-state index in [2.05, 4.69) is 63.8 Å². The van der Waals surface area contributed by atoms with Gasteiger partial charge in [0.15, 0.2) is 5.82 Å². The summed E-state index contributed by atoms with van der Waals surface area (Å²) in [6.07, 6.45) is 11.7. The van der Waals surface area contributed by atoms with Crippen LogP contribution in [-0.4, -0.2) is 26.9 Å². The van der Waals surface area contributed by atoms with E-state index >= 15 is 0 Å². The third-order valence-electron chi connectivity index (χ3n) is 7.25. The number of hydrogen-bond donors (Lipinski definition) is 1. The third kappa shape index (κ3) is 12.9. The van der Waals surface area contributed by atoms with E-state index in [1.54, 1.807) is 10.6 Å². The number of imidazole rings is 1. The second-order valence-corrected chi connectivity index (χ2v) is 11.9. The molecular formula is C36H61F2N5O. The Morgan fingerprint density at radius 1 is 1.02 bits per heavy atom. The highest BCUT2D eigenvalue weighted by Gasteiger charge is 2.30. The van der Waals surface area contributed by atoms with Crippen molar-refractivity contribution in [3.05, 3.63) is 53.1 Å². The van der Waals surface area contributed by atoms with Crippen molar-refractivity contribution in [1.82, 2.24) is 14.4 Å². The van der Waals surface area contributed by atoms with Crippen LogP contribution in [0.3, 0.4) is 0 Å². The van der Waals surface area contributed by atoms with Crippen LogP contribution in [0, 0.1) is 29.9 Å². The molecule has 1 atom stereocenters. The summed E-state index contributed by atoms with van der Waals surface area (Å²) in [7, 11) is 0. The van der Waals surface area contributed by atoms with Gasteiger partial charge in [-0.25, -0.2) is 23.5 Å². The first-order valence-corrected chi connectivity index (χ1v) is 16.7. The van der Waals surface area contributed by atoms with Crippen LogP contribution in [-0.2, 0) is 12.8 Å². The molecule has 1 aliphatic heterocycles. The molecule has 0 fully saturated rings. The molecular weight excluding hydrogens is 556 g/mol. The van der Waals surface area contributed by atoms with Gasteiger partial charge >= 0.3 is 6.03 Å². The number of carbonyl (C=O) groups excluding carboxylic acids is 1. The number of nitrogens with one attached hydrogen (secondary N) is 1. The first-order valence-electron chi connectivity index (χ1n) is 16.7. The zero-order valence-corrected chi connectivity index (χ0v) is 30.0. The molecule has 0 spiro atoms. The molecule has 4 heterocycles. The zero-order valence-electron chi connectivity index (χ0n) is 30.0. The fraction of sp³-hybridized carbons (Fsp3) is 0.639. The van der Waals surface area contributed by atoms with Crippen LogP contribution in [0.25, 0.3) is 5.65 Å². The van der Waals surface area contributed by atoms with E-state index in [1.165, 1.54) is 42.8 Å². The zero-order chi connectivity index (χ0) is 34.0. The van der Waals surface area contributed by atoms with E-state index < -0.39 is 11.8 Å². The van der Waals surface area contributed by atoms with Crippen molar-refractivity contribution < 1.29 is 13.6 Å². The number of rotatable bonds is 6. The summed E-state index contributed by atoms with van der Waals surface area (Å²) in [6, 6.07) is 0.776. The Bertz CT molecular complexity index is 1250. The van der Waals surface area contributed by atoms with Gasteiger partial charge in [-0.3, -0.25) is 4.90 Å². The summed E-state index contributed by atoms with van der Waals surface area (Å²) < 4.78 is 30.1. The van der Waals surface area contributed by atoms with Gasteiger partial charge in [-0.15, -0.1) is 0 Å². The number of nitrogens with zero attached hydrogens (tertiary/aromatic N) is 4. The summed E-state index contributed by atoms with van der Waals surface area (Å²) >= 11 is 0. The second kappa shape index (κ2) is 20.8. The molecule has 2 amide bonds. The highest BCUT2D eigenvalue weighted by atomic mass is 19.1. The summed E-state index contributed by atoms with van der Waals surface area (Å²) in [5, 5.41) is 2.59. The number of amides is 2. The van der Waals surface area contributed by atoms with Gasteiger partial charge in [0, 0.05) is 30.6 Å². The number of aromatic nitrogens is 3. The minimum atomic E-state index is -0.570. The van der Waals surface area contributed by atoms with Gasteiger partial charge in [0.25, 0.3) is 0 Å². The molecule has 4 rings (SSSR count). The number of aryl methyl sites for hydroxylation is 1. The minimum Gasteiger partial charge on any atom is -0.305 e. The lowest BCUT2D eigenvalue weighted by molar-refractivity contribution is 0.257. The number of carbonyl (C=O) groups is 1. The molecule has 0 aromatic carbocycles. The topological polar surface area (TPSA) is 62.5 Å². The maximum Gasteiger partial charge on any atom is 0.327 e. The molecule has 250 valence electrons. The smallest absolute Gasteiger partial charge is 0.305 e. The largest absolute Gasteiger partial charge is 0.327 e. The van der Waals surface area contributed by atoms with Crippen molar-refractivity contribution in [3.8, 4) is 0 Å². The van der Waals surface area contributed by atoms with E-state index in [9.17, 15) is 13.6 Å². The third-order valence-corrected chi connectivity index (χ3v) is 7.25. The lowest BCUT2D eigenvalue weighted by Gasteiger charge is -2.18. The molecule has 1 unspecified atom stereocenters. The van der Waals surface area contributed by atoms with Crippen LogP contribution in [0.5, 0.6) is 0 Å². The molecule has 0 bridgehead atoms. The van der Waals surface area contributed by atoms with Crippen molar-refractivity contribution in [2.24, 2.45) is 11.3 Å². The number of fused-ring (bicyclic) bond motifs is 2. The summed E-state index contributed by atoms with van der Waals surface area (Å²) in [5.41, 5.74) is 3.18. The quantitative estimate of drug-likeness (QED) is 0.299. The number of halogens is 2. The fourth-order valence-electron chi connectivity index (χ4n) is 4.20. The Hall–Kier alpha value is -3.03. The van der Waals surface area contributed by atoms with Crippen LogP contribution in [0.15, 0.2) is 24.7 Å². The van der Waals surface area contributed by atoms with Crippen molar-refractivity contribution in [2.45, 2.75) is 135 Å². The maximum absolute atomic E-state index is 14.3. The minimum absolute atomic E-state index is 0.0502. The van der Waals surface area contributed by atoms with Gasteiger partial charge in [-0.2, -0.15) is 0 Å². The normalized spacial score (nSPS) is 12.3. The lowest BCUT2D eigenvalue weighted by Crippen LogP contribution is -2.34. The first-order chi connectivity index (χ1) is 20.8. The summed E-state index contributed by atoms with van der Waals surface area (Å²) in [4.78, 5) is 22.4. The van der Waals surface area contributed by atoms with Gasteiger partial charge in [-0.05, 0) is 36.7 Å². The van der Waals surface area contributed by atoms with Crippen LogP contribution < -0.4 is 10.2 Å². The van der Waals surface area contributed by atoms with E-state index in [0.29, 0.717) is 41.8 Å². The Morgan fingerprint density at radius 2 is 1.64 bits per heavy atom. The number of pyridine rings is 2. The standard InChI is InChI=1S/C19H19F2N5O.C7H16.C6H14.2C2H6/c1-3-4-12-13-5-6-26(18(13)22-8-15(12)21)19(27)24-16-10-25-9-11(2)23-17(25)7-14(16)20;1-4-6-7(3)5-2;1-5-6(2,3)4;2*1-2/h7-10H,3-6H2,1-2H3,(H,24,27);7H,4-6H2,1-3H3;5H2,1-4H3;2*1-2H3. The predicted molar refractivity (Wildman–Crippen MR) is 185 cm³/mol. The van der Waals surface area contributed by atoms with Gasteiger partial charge in [0.1, 0.15) is 17.3 Å². The van der Waals surface area contributed by atoms with Gasteiger partial charge in [-0.1, -0.05) is 115 Å². The van der Waals surface area contributed by atoms with Crippen molar-refractivity contribution in [1.29, 1.82) is 0 Å². The molecule has 0 radical (unpaired) electrons. The van der Waals surface area contributed by atoms with Crippen molar-refractivity contribution >= 4 is 23.2 Å². The summed E-state index contributed by atoms with van der Waals surface area (Å²) in [5.74, 6) is 0.478. The molecule has 0 aliphatic carbocycles. The average Bonchev–Trinajstić information content (AvgIpc) is 3.59. The SMILES string of the molecule is CC.CC.CCC(C)(C)C.CCCC(C)CC.CCCc1c(F)cnc2c1CCN2C(=O)Nc1cn2cc(C)nc2cc1F. The van der Waals surface area contributed by atoms with Crippen LogP contribution >= 0.6 is 0 Å².